The summed E-state index contributed by atoms with van der Waals surface area (Å²) >= 11 is 0. The molecule has 1 N–H and O–H groups in total. The second-order valence-corrected chi connectivity index (χ2v) is 7.75. The second kappa shape index (κ2) is 9.11. The Morgan fingerprint density at radius 3 is 2.77 bits per heavy atom. The van der Waals surface area contributed by atoms with Crippen molar-refractivity contribution in [3.05, 3.63) is 29.8 Å². The summed E-state index contributed by atoms with van der Waals surface area (Å²) in [6, 6.07) is 5.93. The molecular weight excluding hydrogens is 358 g/mol. The van der Waals surface area contributed by atoms with Gasteiger partial charge in [-0.3, -0.25) is 9.59 Å². The number of nitrogens with one attached hydrogen (secondary N) is 1. The van der Waals surface area contributed by atoms with Gasteiger partial charge in [0.1, 0.15) is 0 Å². The van der Waals surface area contributed by atoms with E-state index in [2.05, 4.69) is 4.72 Å². The Hall–Kier alpha value is -1.97. The highest BCUT2D eigenvalue weighted by Crippen LogP contribution is 2.15. The first kappa shape index (κ1) is 20.3. The molecular formula is C17H25N3O5S. The third kappa shape index (κ3) is 5.26. The summed E-state index contributed by atoms with van der Waals surface area (Å²) in [5.41, 5.74) is 0.287. The van der Waals surface area contributed by atoms with Crippen LogP contribution in [0.5, 0.6) is 0 Å². The van der Waals surface area contributed by atoms with Crippen molar-refractivity contribution < 1.29 is 22.7 Å². The molecule has 0 unspecified atom stereocenters. The largest absolute Gasteiger partial charge is 0.380 e. The van der Waals surface area contributed by atoms with Gasteiger partial charge in [0.05, 0.1) is 11.5 Å². The highest BCUT2D eigenvalue weighted by Gasteiger charge is 2.23. The number of amides is 2. The molecule has 1 aromatic carbocycles. The number of hydrogen-bond donors (Lipinski definition) is 1. The van der Waals surface area contributed by atoms with Gasteiger partial charge in [0.25, 0.3) is 5.91 Å². The summed E-state index contributed by atoms with van der Waals surface area (Å²) in [5, 5.41) is 0. The van der Waals surface area contributed by atoms with Crippen molar-refractivity contribution in [2.75, 3.05) is 46.4 Å². The number of ether oxygens (including phenoxy) is 1. The smallest absolute Gasteiger partial charge is 0.253 e. The molecule has 1 heterocycles. The number of carbonyl (C=O) groups excluding carboxylic acids is 2. The average Bonchev–Trinajstić information content (AvgIpc) is 2.80. The van der Waals surface area contributed by atoms with Gasteiger partial charge in [0.15, 0.2) is 0 Å². The van der Waals surface area contributed by atoms with Gasteiger partial charge >= 0.3 is 0 Å². The molecule has 0 spiro atoms. The molecule has 2 rings (SSSR count). The minimum Gasteiger partial charge on any atom is -0.380 e. The maximum Gasteiger partial charge on any atom is 0.253 e. The van der Waals surface area contributed by atoms with Gasteiger partial charge in [0, 0.05) is 51.8 Å². The third-order valence-corrected chi connectivity index (χ3v) is 5.61. The molecule has 1 aliphatic heterocycles. The van der Waals surface area contributed by atoms with E-state index in [4.69, 9.17) is 4.74 Å². The first-order valence-electron chi connectivity index (χ1n) is 8.56. The molecule has 1 aromatic rings. The van der Waals surface area contributed by atoms with Crippen LogP contribution in [-0.4, -0.2) is 76.5 Å². The molecule has 9 heteroatoms. The molecule has 1 saturated heterocycles. The van der Waals surface area contributed by atoms with Crippen LogP contribution in [0.3, 0.4) is 0 Å². The van der Waals surface area contributed by atoms with Crippen molar-refractivity contribution in [2.24, 2.45) is 0 Å². The Kier molecular flexibility index (Phi) is 7.13. The average molecular weight is 383 g/mol. The molecule has 8 nitrogen and oxygen atoms in total. The number of benzene rings is 1. The molecule has 0 aromatic heterocycles. The van der Waals surface area contributed by atoms with Crippen LogP contribution in [-0.2, 0) is 19.6 Å². The van der Waals surface area contributed by atoms with Crippen LogP contribution in [0.1, 0.15) is 23.7 Å². The van der Waals surface area contributed by atoms with Crippen LogP contribution in [0.2, 0.25) is 0 Å². The first-order valence-corrected chi connectivity index (χ1v) is 10.0. The van der Waals surface area contributed by atoms with Gasteiger partial charge < -0.3 is 14.5 Å². The number of carbonyl (C=O) groups is 2. The summed E-state index contributed by atoms with van der Waals surface area (Å²) in [4.78, 5) is 27.6. The van der Waals surface area contributed by atoms with Crippen LogP contribution in [0, 0.1) is 0 Å². The number of nitrogens with zero attached hydrogens (tertiary/aromatic N) is 2. The zero-order chi connectivity index (χ0) is 19.2. The number of sulfonamides is 1. The monoisotopic (exact) mass is 383 g/mol. The lowest BCUT2D eigenvalue weighted by Crippen LogP contribution is -2.35. The lowest BCUT2D eigenvalue weighted by atomic mass is 10.2. The summed E-state index contributed by atoms with van der Waals surface area (Å²) in [6.45, 7) is 3.99. The lowest BCUT2D eigenvalue weighted by molar-refractivity contribution is -0.129. The van der Waals surface area contributed by atoms with Crippen LogP contribution < -0.4 is 4.72 Å². The van der Waals surface area contributed by atoms with Crippen LogP contribution in [0.4, 0.5) is 0 Å². The summed E-state index contributed by atoms with van der Waals surface area (Å²) in [5.74, 6) is -0.283. The zero-order valence-corrected chi connectivity index (χ0v) is 15.9. The molecule has 0 radical (unpaired) electrons. The number of hydrogen-bond acceptors (Lipinski definition) is 5. The Balaban J connectivity index is 2.10. The van der Waals surface area contributed by atoms with Gasteiger partial charge in [-0.05, 0) is 25.1 Å². The van der Waals surface area contributed by atoms with Crippen molar-refractivity contribution in [2.45, 2.75) is 18.2 Å². The molecule has 0 bridgehead atoms. The predicted molar refractivity (Wildman–Crippen MR) is 96.3 cm³/mol. The van der Waals surface area contributed by atoms with Gasteiger partial charge in [-0.2, -0.15) is 0 Å². The van der Waals surface area contributed by atoms with Crippen LogP contribution >= 0.6 is 0 Å². The van der Waals surface area contributed by atoms with Crippen molar-refractivity contribution in [3.8, 4) is 0 Å². The van der Waals surface area contributed by atoms with Gasteiger partial charge in [-0.1, -0.05) is 6.07 Å². The van der Waals surface area contributed by atoms with Crippen LogP contribution in [0.25, 0.3) is 0 Å². The van der Waals surface area contributed by atoms with Crippen molar-refractivity contribution in [1.29, 1.82) is 0 Å². The van der Waals surface area contributed by atoms with E-state index in [9.17, 15) is 18.0 Å². The van der Waals surface area contributed by atoms with Crippen molar-refractivity contribution in [1.82, 2.24) is 14.5 Å². The zero-order valence-electron chi connectivity index (χ0n) is 15.1. The molecule has 1 aliphatic rings. The quantitative estimate of drug-likeness (QED) is 0.684. The molecule has 1 fully saturated rings. The Bertz CT molecular complexity index is 751. The standard InChI is InChI=1S/C17H25N3O5S/c1-3-25-12-8-18-26(23,24)15-6-4-5-14(13-15)17(22)20-9-7-16(21)19(2)10-11-20/h4-6,13,18H,3,7-12H2,1-2H3. The van der Waals surface area contributed by atoms with Gasteiger partial charge in [-0.15, -0.1) is 0 Å². The van der Waals surface area contributed by atoms with Crippen molar-refractivity contribution in [3.63, 3.8) is 0 Å². The Morgan fingerprint density at radius 2 is 2.04 bits per heavy atom. The van der Waals surface area contributed by atoms with E-state index in [1.807, 2.05) is 6.92 Å². The van der Waals surface area contributed by atoms with Crippen LogP contribution in [0.15, 0.2) is 29.2 Å². The minimum atomic E-state index is -3.72. The topological polar surface area (TPSA) is 96.0 Å². The first-order chi connectivity index (χ1) is 12.3. The minimum absolute atomic E-state index is 0.00451. The molecule has 2 amide bonds. The Morgan fingerprint density at radius 1 is 1.27 bits per heavy atom. The van der Waals surface area contributed by atoms with Crippen molar-refractivity contribution >= 4 is 21.8 Å². The fourth-order valence-electron chi connectivity index (χ4n) is 2.59. The normalized spacial score (nSPS) is 15.8. The maximum absolute atomic E-state index is 12.7. The Labute approximate surface area is 154 Å². The number of likely N-dealkylation sites (N-methyl/N-ethyl adjacent to an activating group) is 1. The molecule has 26 heavy (non-hydrogen) atoms. The van der Waals surface area contributed by atoms with E-state index in [1.54, 1.807) is 29.0 Å². The molecule has 0 aliphatic carbocycles. The van der Waals surface area contributed by atoms with E-state index < -0.39 is 10.0 Å². The van der Waals surface area contributed by atoms with E-state index in [1.165, 1.54) is 12.1 Å². The summed E-state index contributed by atoms with van der Waals surface area (Å²) < 4.78 is 32.3. The molecule has 0 saturated carbocycles. The third-order valence-electron chi connectivity index (χ3n) is 4.15. The fourth-order valence-corrected chi connectivity index (χ4v) is 3.65. The maximum atomic E-state index is 12.7. The molecule has 144 valence electrons. The van der Waals surface area contributed by atoms with E-state index >= 15 is 0 Å². The number of rotatable bonds is 7. The van der Waals surface area contributed by atoms with Gasteiger partial charge in [0.2, 0.25) is 15.9 Å². The second-order valence-electron chi connectivity index (χ2n) is 5.98. The lowest BCUT2D eigenvalue weighted by Gasteiger charge is -2.20. The SMILES string of the molecule is CCOCCNS(=O)(=O)c1cccc(C(=O)N2CCC(=O)N(C)CC2)c1. The van der Waals surface area contributed by atoms with E-state index in [0.29, 0.717) is 26.2 Å². The predicted octanol–water partition coefficient (Wildman–Crippen LogP) is 0.306. The summed E-state index contributed by atoms with van der Waals surface area (Å²) in [7, 11) is -2.01. The van der Waals surface area contributed by atoms with Gasteiger partial charge in [-0.25, -0.2) is 13.1 Å². The highest BCUT2D eigenvalue weighted by molar-refractivity contribution is 7.89. The summed E-state index contributed by atoms with van der Waals surface area (Å²) in [6.07, 6.45) is 0.263. The highest BCUT2D eigenvalue weighted by atomic mass is 32.2. The fraction of sp³-hybridized carbons (Fsp3) is 0.529. The van der Waals surface area contributed by atoms with E-state index in [0.717, 1.165) is 0 Å². The molecule has 0 atom stereocenters. The van der Waals surface area contributed by atoms with E-state index in [-0.39, 0.29) is 41.8 Å².